The summed E-state index contributed by atoms with van der Waals surface area (Å²) in [7, 11) is -1.66. The maximum absolute atomic E-state index is 13.5. The molecule has 2 aromatic carbocycles. The van der Waals surface area contributed by atoms with Crippen LogP contribution in [-0.2, 0) is 16.6 Å². The Labute approximate surface area is 106 Å². The number of nitrogen functional groups attached to an aromatic ring is 1. The van der Waals surface area contributed by atoms with Crippen LogP contribution in [0.5, 0.6) is 0 Å². The Hall–Kier alpha value is -1.75. The van der Waals surface area contributed by atoms with E-state index >= 15 is 0 Å². The summed E-state index contributed by atoms with van der Waals surface area (Å²) in [5.41, 5.74) is 5.99. The lowest BCUT2D eigenvalue weighted by atomic mass is 10.2. The van der Waals surface area contributed by atoms with Crippen molar-refractivity contribution in [3.05, 3.63) is 59.7 Å². The lowest BCUT2D eigenvalue weighted by molar-refractivity contribution is 0.593. The average molecular weight is 267 g/mol. The van der Waals surface area contributed by atoms with E-state index in [0.29, 0.717) is 0 Å². The van der Waals surface area contributed by atoms with Gasteiger partial charge in [-0.3, -0.25) is 4.21 Å². The number of hydrogen-bond donors (Lipinski definition) is 1. The highest BCUT2D eigenvalue weighted by Crippen LogP contribution is 2.21. The standard InChI is InChI=1S/C13H11F2NOS/c14-10-5-3-6-12(16)9(10)8-18(17)13-7-2-1-4-11(13)15/h1-7H,8,16H2. The lowest BCUT2D eigenvalue weighted by Crippen LogP contribution is -2.04. The number of nitrogens with two attached hydrogens (primary N) is 1. The Morgan fingerprint density at radius 3 is 2.33 bits per heavy atom. The summed E-state index contributed by atoms with van der Waals surface area (Å²) in [6, 6.07) is 9.97. The molecule has 2 N–H and O–H groups in total. The van der Waals surface area contributed by atoms with Crippen LogP contribution in [0.25, 0.3) is 0 Å². The minimum Gasteiger partial charge on any atom is -0.398 e. The van der Waals surface area contributed by atoms with Crippen molar-refractivity contribution in [2.45, 2.75) is 10.6 Å². The first-order valence-electron chi connectivity index (χ1n) is 5.25. The molecule has 0 aliphatic rings. The summed E-state index contributed by atoms with van der Waals surface area (Å²) in [4.78, 5) is 0.0557. The number of hydrogen-bond acceptors (Lipinski definition) is 2. The maximum Gasteiger partial charge on any atom is 0.139 e. The van der Waals surface area contributed by atoms with Gasteiger partial charge < -0.3 is 5.73 Å². The van der Waals surface area contributed by atoms with Gasteiger partial charge in [0.15, 0.2) is 0 Å². The predicted octanol–water partition coefficient (Wildman–Crippen LogP) is 2.85. The van der Waals surface area contributed by atoms with E-state index in [1.807, 2.05) is 0 Å². The molecule has 0 spiro atoms. The third-order valence-corrected chi connectivity index (χ3v) is 3.88. The Morgan fingerprint density at radius 2 is 1.67 bits per heavy atom. The fourth-order valence-electron chi connectivity index (χ4n) is 1.57. The summed E-state index contributed by atoms with van der Waals surface area (Å²) >= 11 is 0. The van der Waals surface area contributed by atoms with Gasteiger partial charge in [-0.1, -0.05) is 18.2 Å². The third-order valence-electron chi connectivity index (χ3n) is 2.51. The molecular formula is C13H11F2NOS. The number of benzene rings is 2. The molecule has 0 aliphatic heterocycles. The summed E-state index contributed by atoms with van der Waals surface area (Å²) < 4.78 is 38.9. The molecule has 2 nitrogen and oxygen atoms in total. The molecule has 2 aromatic rings. The molecule has 2 rings (SSSR count). The Morgan fingerprint density at radius 1 is 1.00 bits per heavy atom. The Kier molecular flexibility index (Phi) is 3.72. The average Bonchev–Trinajstić information content (AvgIpc) is 2.34. The van der Waals surface area contributed by atoms with Crippen LogP contribution in [0.3, 0.4) is 0 Å². The van der Waals surface area contributed by atoms with Crippen LogP contribution < -0.4 is 5.73 Å². The maximum atomic E-state index is 13.5. The predicted molar refractivity (Wildman–Crippen MR) is 67.3 cm³/mol. The number of halogens is 2. The molecule has 0 heterocycles. The zero-order chi connectivity index (χ0) is 13.1. The molecule has 0 saturated carbocycles. The van der Waals surface area contributed by atoms with Gasteiger partial charge in [0.2, 0.25) is 0 Å². The van der Waals surface area contributed by atoms with Crippen molar-refractivity contribution in [1.82, 2.24) is 0 Å². The molecule has 18 heavy (non-hydrogen) atoms. The first kappa shape index (κ1) is 12.7. The largest absolute Gasteiger partial charge is 0.398 e. The van der Waals surface area contributed by atoms with E-state index < -0.39 is 22.4 Å². The van der Waals surface area contributed by atoms with Gasteiger partial charge in [0.25, 0.3) is 0 Å². The molecule has 0 aromatic heterocycles. The van der Waals surface area contributed by atoms with E-state index in [9.17, 15) is 13.0 Å². The monoisotopic (exact) mass is 267 g/mol. The zero-order valence-electron chi connectivity index (χ0n) is 9.40. The summed E-state index contributed by atoms with van der Waals surface area (Å²) in [5.74, 6) is -1.23. The third kappa shape index (κ3) is 2.56. The van der Waals surface area contributed by atoms with Crippen LogP contribution in [0.4, 0.5) is 14.5 Å². The van der Waals surface area contributed by atoms with Gasteiger partial charge in [-0.2, -0.15) is 0 Å². The first-order valence-corrected chi connectivity index (χ1v) is 6.57. The molecule has 5 heteroatoms. The molecular weight excluding hydrogens is 256 g/mol. The van der Waals surface area contributed by atoms with E-state index in [4.69, 9.17) is 5.73 Å². The zero-order valence-corrected chi connectivity index (χ0v) is 10.2. The number of rotatable bonds is 3. The van der Waals surface area contributed by atoms with Crippen LogP contribution in [0.2, 0.25) is 0 Å². The SMILES string of the molecule is Nc1cccc(F)c1CS(=O)c1ccccc1F. The number of anilines is 1. The van der Waals surface area contributed by atoms with E-state index in [-0.39, 0.29) is 21.9 Å². The molecule has 94 valence electrons. The van der Waals surface area contributed by atoms with Crippen molar-refractivity contribution in [3.8, 4) is 0 Å². The summed E-state index contributed by atoms with van der Waals surface area (Å²) in [6.07, 6.45) is 0. The van der Waals surface area contributed by atoms with Crippen LogP contribution in [0, 0.1) is 11.6 Å². The highest BCUT2D eigenvalue weighted by atomic mass is 32.2. The topological polar surface area (TPSA) is 43.1 Å². The van der Waals surface area contributed by atoms with Crippen molar-refractivity contribution >= 4 is 16.5 Å². The Balaban J connectivity index is 2.30. The normalized spacial score (nSPS) is 12.3. The first-order chi connectivity index (χ1) is 8.59. The smallest absolute Gasteiger partial charge is 0.139 e. The fourth-order valence-corrected chi connectivity index (χ4v) is 2.80. The molecule has 0 aliphatic carbocycles. The van der Waals surface area contributed by atoms with Gasteiger partial charge in [0.05, 0.1) is 21.4 Å². The van der Waals surface area contributed by atoms with Gasteiger partial charge in [0, 0.05) is 11.3 Å². The lowest BCUT2D eigenvalue weighted by Gasteiger charge is -2.07. The van der Waals surface area contributed by atoms with Crippen LogP contribution >= 0.6 is 0 Å². The highest BCUT2D eigenvalue weighted by Gasteiger charge is 2.14. The molecule has 0 saturated heterocycles. The second kappa shape index (κ2) is 5.27. The highest BCUT2D eigenvalue weighted by molar-refractivity contribution is 7.84. The van der Waals surface area contributed by atoms with Crippen molar-refractivity contribution in [2.75, 3.05) is 5.73 Å². The second-order valence-electron chi connectivity index (χ2n) is 3.73. The van der Waals surface area contributed by atoms with Crippen molar-refractivity contribution < 1.29 is 13.0 Å². The van der Waals surface area contributed by atoms with Crippen molar-refractivity contribution in [3.63, 3.8) is 0 Å². The van der Waals surface area contributed by atoms with E-state index in [2.05, 4.69) is 0 Å². The van der Waals surface area contributed by atoms with E-state index in [1.54, 1.807) is 6.07 Å². The Bertz CT molecular complexity index is 581. The van der Waals surface area contributed by atoms with Gasteiger partial charge in [-0.25, -0.2) is 8.78 Å². The van der Waals surface area contributed by atoms with Gasteiger partial charge in [-0.05, 0) is 24.3 Å². The molecule has 0 amide bonds. The molecule has 0 fully saturated rings. The van der Waals surface area contributed by atoms with Gasteiger partial charge in [0.1, 0.15) is 11.6 Å². The second-order valence-corrected chi connectivity index (χ2v) is 5.15. The van der Waals surface area contributed by atoms with Crippen LogP contribution in [-0.4, -0.2) is 4.21 Å². The van der Waals surface area contributed by atoms with Crippen LogP contribution in [0.15, 0.2) is 47.4 Å². The quantitative estimate of drug-likeness (QED) is 0.869. The molecule has 1 atom stereocenters. The summed E-state index contributed by atoms with van der Waals surface area (Å²) in [6.45, 7) is 0. The van der Waals surface area contributed by atoms with Crippen molar-refractivity contribution in [1.29, 1.82) is 0 Å². The minimum absolute atomic E-state index is 0.0557. The minimum atomic E-state index is -1.66. The van der Waals surface area contributed by atoms with Crippen LogP contribution in [0.1, 0.15) is 5.56 Å². The molecule has 1 unspecified atom stereocenters. The fraction of sp³-hybridized carbons (Fsp3) is 0.0769. The molecule has 0 bridgehead atoms. The van der Waals surface area contributed by atoms with Gasteiger partial charge in [-0.15, -0.1) is 0 Å². The molecule has 0 radical (unpaired) electrons. The van der Waals surface area contributed by atoms with E-state index in [1.165, 1.54) is 36.4 Å². The van der Waals surface area contributed by atoms with Gasteiger partial charge >= 0.3 is 0 Å². The van der Waals surface area contributed by atoms with E-state index in [0.717, 1.165) is 0 Å². The summed E-state index contributed by atoms with van der Waals surface area (Å²) in [5, 5.41) is 0. The van der Waals surface area contributed by atoms with Crippen molar-refractivity contribution in [2.24, 2.45) is 0 Å².